The molecule has 1 aliphatic carbocycles. The van der Waals surface area contributed by atoms with Crippen molar-refractivity contribution in [3.63, 3.8) is 0 Å². The van der Waals surface area contributed by atoms with Crippen molar-refractivity contribution in [2.45, 2.75) is 43.5 Å². The van der Waals surface area contributed by atoms with Gasteiger partial charge in [-0.3, -0.25) is 9.69 Å². The van der Waals surface area contributed by atoms with Gasteiger partial charge >= 0.3 is 5.97 Å². The van der Waals surface area contributed by atoms with Crippen LogP contribution in [-0.2, 0) is 4.79 Å². The van der Waals surface area contributed by atoms with E-state index in [0.717, 1.165) is 12.5 Å². The van der Waals surface area contributed by atoms with Gasteiger partial charge in [0.25, 0.3) is 0 Å². The van der Waals surface area contributed by atoms with Gasteiger partial charge in [-0.05, 0) is 31.7 Å². The van der Waals surface area contributed by atoms with Crippen molar-refractivity contribution in [1.29, 1.82) is 0 Å². The highest BCUT2D eigenvalue weighted by Crippen LogP contribution is 2.36. The van der Waals surface area contributed by atoms with Crippen LogP contribution in [0.2, 0.25) is 0 Å². The first-order chi connectivity index (χ1) is 7.18. The first kappa shape index (κ1) is 11.2. The fourth-order valence-electron chi connectivity index (χ4n) is 3.01. The minimum atomic E-state index is -0.893. The van der Waals surface area contributed by atoms with Crippen molar-refractivity contribution in [3.05, 3.63) is 0 Å². The standard InChI is InChI=1S/C11H18ClNO2/c12-9(11(14)15)7-13-6-5-8-3-1-2-4-10(8)13/h8-10H,1-7H2,(H,14,15). The molecule has 2 aliphatic rings. The summed E-state index contributed by atoms with van der Waals surface area (Å²) in [6.45, 7) is 1.55. The molecule has 1 N–H and O–H groups in total. The molecule has 2 fully saturated rings. The largest absolute Gasteiger partial charge is 0.480 e. The molecule has 86 valence electrons. The third kappa shape index (κ3) is 2.45. The summed E-state index contributed by atoms with van der Waals surface area (Å²) in [6.07, 6.45) is 6.42. The number of likely N-dealkylation sites (tertiary alicyclic amines) is 1. The van der Waals surface area contributed by atoms with Crippen LogP contribution in [-0.4, -0.2) is 40.5 Å². The van der Waals surface area contributed by atoms with E-state index in [1.165, 1.54) is 32.1 Å². The van der Waals surface area contributed by atoms with E-state index in [1.54, 1.807) is 0 Å². The van der Waals surface area contributed by atoms with Crippen molar-refractivity contribution >= 4 is 17.6 Å². The van der Waals surface area contributed by atoms with Crippen LogP contribution in [0.3, 0.4) is 0 Å². The van der Waals surface area contributed by atoms with Crippen LogP contribution in [0.15, 0.2) is 0 Å². The summed E-state index contributed by atoms with van der Waals surface area (Å²) in [5.41, 5.74) is 0. The monoisotopic (exact) mass is 231 g/mol. The molecule has 1 saturated carbocycles. The van der Waals surface area contributed by atoms with Crippen molar-refractivity contribution in [1.82, 2.24) is 4.90 Å². The molecule has 0 bridgehead atoms. The molecular weight excluding hydrogens is 214 g/mol. The van der Waals surface area contributed by atoms with Crippen LogP contribution in [0.1, 0.15) is 32.1 Å². The van der Waals surface area contributed by atoms with Crippen LogP contribution in [0.25, 0.3) is 0 Å². The zero-order valence-corrected chi connectivity index (χ0v) is 9.62. The Kier molecular flexibility index (Phi) is 3.52. The molecular formula is C11H18ClNO2. The average Bonchev–Trinajstić information content (AvgIpc) is 2.62. The molecule has 0 aromatic heterocycles. The van der Waals surface area contributed by atoms with Gasteiger partial charge < -0.3 is 5.11 Å². The molecule has 3 atom stereocenters. The molecule has 2 rings (SSSR count). The Morgan fingerprint density at radius 1 is 1.40 bits per heavy atom. The van der Waals surface area contributed by atoms with E-state index in [4.69, 9.17) is 16.7 Å². The number of hydrogen-bond donors (Lipinski definition) is 1. The topological polar surface area (TPSA) is 40.5 Å². The molecule has 1 aliphatic heterocycles. The second-order valence-corrected chi connectivity index (χ2v) is 5.23. The summed E-state index contributed by atoms with van der Waals surface area (Å²) in [4.78, 5) is 13.0. The van der Waals surface area contributed by atoms with Gasteiger partial charge in [-0.25, -0.2) is 0 Å². The summed E-state index contributed by atoms with van der Waals surface area (Å²) in [7, 11) is 0. The number of halogens is 1. The molecule has 15 heavy (non-hydrogen) atoms. The van der Waals surface area contributed by atoms with Crippen molar-refractivity contribution in [2.75, 3.05) is 13.1 Å². The Balaban J connectivity index is 1.90. The van der Waals surface area contributed by atoms with Crippen LogP contribution < -0.4 is 0 Å². The Bertz CT molecular complexity index is 247. The predicted molar refractivity (Wildman–Crippen MR) is 59.2 cm³/mol. The number of rotatable bonds is 3. The molecule has 0 aromatic rings. The van der Waals surface area contributed by atoms with E-state index in [1.807, 2.05) is 0 Å². The van der Waals surface area contributed by atoms with E-state index in [0.29, 0.717) is 12.6 Å². The molecule has 1 heterocycles. The number of aliphatic carboxylic acids is 1. The molecule has 0 spiro atoms. The molecule has 3 nitrogen and oxygen atoms in total. The Morgan fingerprint density at radius 3 is 2.87 bits per heavy atom. The third-order valence-electron chi connectivity index (χ3n) is 3.79. The lowest BCUT2D eigenvalue weighted by Gasteiger charge is -2.32. The zero-order chi connectivity index (χ0) is 10.8. The maximum Gasteiger partial charge on any atom is 0.322 e. The minimum absolute atomic E-state index is 0.512. The lowest BCUT2D eigenvalue weighted by molar-refractivity contribution is -0.137. The molecule has 4 heteroatoms. The van der Waals surface area contributed by atoms with Crippen molar-refractivity contribution in [2.24, 2.45) is 5.92 Å². The molecule has 3 unspecified atom stereocenters. The van der Waals surface area contributed by atoms with Gasteiger partial charge in [0.2, 0.25) is 0 Å². The number of nitrogens with zero attached hydrogens (tertiary/aromatic N) is 1. The van der Waals surface area contributed by atoms with Crippen LogP contribution in [0.4, 0.5) is 0 Å². The number of hydrogen-bond acceptors (Lipinski definition) is 2. The van der Waals surface area contributed by atoms with Crippen LogP contribution in [0.5, 0.6) is 0 Å². The number of carboxylic acid groups (broad SMARTS) is 1. The second kappa shape index (κ2) is 4.71. The first-order valence-electron chi connectivity index (χ1n) is 5.79. The van der Waals surface area contributed by atoms with E-state index in [2.05, 4.69) is 4.90 Å². The average molecular weight is 232 g/mol. The van der Waals surface area contributed by atoms with Crippen LogP contribution in [0, 0.1) is 5.92 Å². The quantitative estimate of drug-likeness (QED) is 0.755. The molecule has 0 radical (unpaired) electrons. The van der Waals surface area contributed by atoms with E-state index in [9.17, 15) is 4.79 Å². The van der Waals surface area contributed by atoms with Gasteiger partial charge in [-0.15, -0.1) is 11.6 Å². The lowest BCUT2D eigenvalue weighted by atomic mass is 9.85. The summed E-state index contributed by atoms with van der Waals surface area (Å²) in [5.74, 6) is -0.0904. The van der Waals surface area contributed by atoms with Gasteiger partial charge in [-0.2, -0.15) is 0 Å². The third-order valence-corrected chi connectivity index (χ3v) is 4.11. The molecule has 0 aromatic carbocycles. The van der Waals surface area contributed by atoms with Gasteiger partial charge in [0.1, 0.15) is 5.38 Å². The highest BCUT2D eigenvalue weighted by molar-refractivity contribution is 6.29. The Hall–Kier alpha value is -0.280. The zero-order valence-electron chi connectivity index (χ0n) is 8.86. The summed E-state index contributed by atoms with van der Waals surface area (Å²) >= 11 is 5.79. The fourth-order valence-corrected chi connectivity index (χ4v) is 3.19. The first-order valence-corrected chi connectivity index (χ1v) is 6.23. The van der Waals surface area contributed by atoms with E-state index >= 15 is 0 Å². The fraction of sp³-hybridized carbons (Fsp3) is 0.909. The second-order valence-electron chi connectivity index (χ2n) is 4.70. The number of carboxylic acids is 1. The van der Waals surface area contributed by atoms with Gasteiger partial charge in [0.15, 0.2) is 0 Å². The number of fused-ring (bicyclic) bond motifs is 1. The maximum atomic E-state index is 10.7. The van der Waals surface area contributed by atoms with E-state index < -0.39 is 11.3 Å². The predicted octanol–water partition coefficient (Wildman–Crippen LogP) is 1.94. The number of carbonyl (C=O) groups is 1. The Morgan fingerprint density at radius 2 is 2.13 bits per heavy atom. The lowest BCUT2D eigenvalue weighted by Crippen LogP contribution is -2.40. The summed E-state index contributed by atoms with van der Waals surface area (Å²) in [6, 6.07) is 0.611. The Labute approximate surface area is 95.4 Å². The van der Waals surface area contributed by atoms with Gasteiger partial charge in [-0.1, -0.05) is 12.8 Å². The minimum Gasteiger partial charge on any atom is -0.480 e. The van der Waals surface area contributed by atoms with Gasteiger partial charge in [0.05, 0.1) is 0 Å². The van der Waals surface area contributed by atoms with E-state index in [-0.39, 0.29) is 0 Å². The maximum absolute atomic E-state index is 10.7. The van der Waals surface area contributed by atoms with Crippen molar-refractivity contribution in [3.8, 4) is 0 Å². The van der Waals surface area contributed by atoms with Gasteiger partial charge in [0, 0.05) is 12.6 Å². The SMILES string of the molecule is O=C(O)C(Cl)CN1CCC2CCCCC21. The number of alkyl halides is 1. The highest BCUT2D eigenvalue weighted by atomic mass is 35.5. The van der Waals surface area contributed by atoms with Crippen molar-refractivity contribution < 1.29 is 9.90 Å². The molecule has 1 saturated heterocycles. The summed E-state index contributed by atoms with van der Waals surface area (Å²) < 4.78 is 0. The molecule has 0 amide bonds. The normalized spacial score (nSPS) is 33.7. The van der Waals surface area contributed by atoms with Crippen LogP contribution >= 0.6 is 11.6 Å². The highest BCUT2D eigenvalue weighted by Gasteiger charge is 2.36. The smallest absolute Gasteiger partial charge is 0.322 e. The summed E-state index contributed by atoms with van der Waals surface area (Å²) in [5, 5.41) is 8.04.